The number of carbonyl (C=O) groups is 2. The molecule has 1 aliphatic heterocycles. The van der Waals surface area contributed by atoms with Crippen LogP contribution in [0, 0.1) is 0 Å². The van der Waals surface area contributed by atoms with Gasteiger partial charge in [-0.15, -0.1) is 0 Å². The number of fused-ring (bicyclic) bond motifs is 1. The number of aryl methyl sites for hydroxylation is 3. The van der Waals surface area contributed by atoms with Gasteiger partial charge in [0.1, 0.15) is 0 Å². The van der Waals surface area contributed by atoms with E-state index in [-0.39, 0.29) is 23.8 Å². The summed E-state index contributed by atoms with van der Waals surface area (Å²) >= 11 is 0. The van der Waals surface area contributed by atoms with Crippen molar-refractivity contribution in [3.63, 3.8) is 0 Å². The predicted molar refractivity (Wildman–Crippen MR) is 125 cm³/mol. The number of rotatable bonds is 8. The molecule has 1 saturated heterocycles. The summed E-state index contributed by atoms with van der Waals surface area (Å²) in [5, 5.41) is 2.77. The van der Waals surface area contributed by atoms with Crippen LogP contribution >= 0.6 is 0 Å². The van der Waals surface area contributed by atoms with Gasteiger partial charge in [-0.3, -0.25) is 9.59 Å². The minimum absolute atomic E-state index is 0.115. The van der Waals surface area contributed by atoms with E-state index in [9.17, 15) is 18.0 Å². The number of nitrogens with zero attached hydrogens (tertiary/aromatic N) is 1. The highest BCUT2D eigenvalue weighted by molar-refractivity contribution is 7.89. The van der Waals surface area contributed by atoms with E-state index in [1.165, 1.54) is 15.4 Å². The van der Waals surface area contributed by atoms with Gasteiger partial charge in [-0.2, -0.15) is 4.31 Å². The lowest BCUT2D eigenvalue weighted by Gasteiger charge is -2.25. The molecule has 7 nitrogen and oxygen atoms in total. The van der Waals surface area contributed by atoms with E-state index in [0.29, 0.717) is 19.5 Å². The Hall–Kier alpha value is -2.71. The van der Waals surface area contributed by atoms with Crippen LogP contribution in [0.2, 0.25) is 0 Å². The fraction of sp³-hybridized carbons (Fsp3) is 0.440. The normalized spacial score (nSPS) is 16.2. The minimum atomic E-state index is -3.46. The molecule has 2 aromatic rings. The molecule has 8 heteroatoms. The summed E-state index contributed by atoms with van der Waals surface area (Å²) in [6.45, 7) is 0.800. The molecule has 2 aromatic carbocycles. The van der Waals surface area contributed by atoms with Crippen molar-refractivity contribution < 1.29 is 22.7 Å². The smallest absolute Gasteiger partial charge is 0.306 e. The monoisotopic (exact) mass is 470 g/mol. The molecule has 33 heavy (non-hydrogen) atoms. The lowest BCUT2D eigenvalue weighted by atomic mass is 10.1. The van der Waals surface area contributed by atoms with Crippen molar-refractivity contribution >= 4 is 27.6 Å². The van der Waals surface area contributed by atoms with Gasteiger partial charge in [-0.25, -0.2) is 8.42 Å². The van der Waals surface area contributed by atoms with E-state index < -0.39 is 16.0 Å². The molecular formula is C25H30N2O5S. The molecule has 1 amide bonds. The first-order valence-electron chi connectivity index (χ1n) is 11.6. The lowest BCUT2D eigenvalue weighted by molar-refractivity contribution is -0.147. The van der Waals surface area contributed by atoms with E-state index in [1.54, 1.807) is 24.3 Å². The van der Waals surface area contributed by atoms with Crippen molar-refractivity contribution in [2.24, 2.45) is 0 Å². The summed E-state index contributed by atoms with van der Waals surface area (Å²) in [4.78, 5) is 24.4. The molecule has 1 N–H and O–H groups in total. The SMILES string of the molecule is O=C(COC(=O)CCc1ccc(S(=O)(=O)N2CCCCC2)cc1)Nc1ccc2c(c1)CCC2. The Kier molecular flexibility index (Phi) is 7.45. The van der Waals surface area contributed by atoms with E-state index in [2.05, 4.69) is 5.32 Å². The Morgan fingerprint density at radius 1 is 0.909 bits per heavy atom. The molecule has 1 fully saturated rings. The number of esters is 1. The third-order valence-electron chi connectivity index (χ3n) is 6.24. The van der Waals surface area contributed by atoms with Gasteiger partial charge in [-0.1, -0.05) is 24.6 Å². The zero-order valence-corrected chi connectivity index (χ0v) is 19.5. The van der Waals surface area contributed by atoms with Crippen molar-refractivity contribution in [3.8, 4) is 0 Å². The number of benzene rings is 2. The van der Waals surface area contributed by atoms with Crippen molar-refractivity contribution in [3.05, 3.63) is 59.2 Å². The zero-order chi connectivity index (χ0) is 23.3. The number of piperidine rings is 1. The Morgan fingerprint density at radius 2 is 1.64 bits per heavy atom. The molecule has 0 atom stereocenters. The summed E-state index contributed by atoms with van der Waals surface area (Å²) in [7, 11) is -3.46. The summed E-state index contributed by atoms with van der Waals surface area (Å²) in [6, 6.07) is 12.5. The first-order chi connectivity index (χ1) is 15.9. The second-order valence-electron chi connectivity index (χ2n) is 8.65. The minimum Gasteiger partial charge on any atom is -0.456 e. The van der Waals surface area contributed by atoms with Gasteiger partial charge in [-0.05, 0) is 79.5 Å². The molecule has 0 radical (unpaired) electrons. The van der Waals surface area contributed by atoms with Crippen LogP contribution in [0.15, 0.2) is 47.4 Å². The van der Waals surface area contributed by atoms with Gasteiger partial charge in [0.15, 0.2) is 6.61 Å². The molecule has 1 aliphatic carbocycles. The van der Waals surface area contributed by atoms with Crippen LogP contribution in [-0.4, -0.2) is 44.3 Å². The fourth-order valence-electron chi connectivity index (χ4n) is 4.39. The predicted octanol–water partition coefficient (Wildman–Crippen LogP) is 3.46. The van der Waals surface area contributed by atoms with Gasteiger partial charge in [0.2, 0.25) is 10.0 Å². The van der Waals surface area contributed by atoms with Crippen LogP contribution in [0.3, 0.4) is 0 Å². The van der Waals surface area contributed by atoms with Crippen LogP contribution in [0.25, 0.3) is 0 Å². The average molecular weight is 471 g/mol. The molecule has 0 spiro atoms. The Balaban J connectivity index is 1.21. The summed E-state index contributed by atoms with van der Waals surface area (Å²) in [5.74, 6) is -0.835. The van der Waals surface area contributed by atoms with Gasteiger partial charge < -0.3 is 10.1 Å². The third kappa shape index (κ3) is 6.00. The van der Waals surface area contributed by atoms with Crippen LogP contribution in [0.1, 0.15) is 48.8 Å². The van der Waals surface area contributed by atoms with E-state index in [1.807, 2.05) is 18.2 Å². The standard InChI is InChI=1S/C25H30N2O5S/c28-24(26-22-11-10-20-5-4-6-21(20)17-22)18-32-25(29)14-9-19-7-12-23(13-8-19)33(30,31)27-15-2-1-3-16-27/h7-8,10-13,17H,1-6,9,14-16,18H2,(H,26,28). The number of hydrogen-bond donors (Lipinski definition) is 1. The van der Waals surface area contributed by atoms with Crippen LogP contribution in [0.4, 0.5) is 5.69 Å². The van der Waals surface area contributed by atoms with Crippen molar-refractivity contribution in [2.45, 2.75) is 56.3 Å². The van der Waals surface area contributed by atoms with E-state index in [0.717, 1.165) is 49.8 Å². The maximum Gasteiger partial charge on any atom is 0.306 e. The first-order valence-corrected chi connectivity index (χ1v) is 13.0. The number of carbonyl (C=O) groups excluding carboxylic acids is 2. The molecule has 0 unspecified atom stereocenters. The summed E-state index contributed by atoms with van der Waals surface area (Å²) in [6.07, 6.45) is 6.63. The van der Waals surface area contributed by atoms with Crippen LogP contribution < -0.4 is 5.32 Å². The highest BCUT2D eigenvalue weighted by atomic mass is 32.2. The quantitative estimate of drug-likeness (QED) is 0.597. The molecular weight excluding hydrogens is 440 g/mol. The highest BCUT2D eigenvalue weighted by Crippen LogP contribution is 2.25. The second-order valence-corrected chi connectivity index (χ2v) is 10.6. The maximum atomic E-state index is 12.7. The molecule has 1 heterocycles. The van der Waals surface area contributed by atoms with Crippen LogP contribution in [-0.2, 0) is 43.6 Å². The fourth-order valence-corrected chi connectivity index (χ4v) is 5.91. The van der Waals surface area contributed by atoms with Gasteiger partial charge in [0.25, 0.3) is 5.91 Å². The topological polar surface area (TPSA) is 92.8 Å². The maximum absolute atomic E-state index is 12.7. The largest absolute Gasteiger partial charge is 0.456 e. The van der Waals surface area contributed by atoms with E-state index in [4.69, 9.17) is 4.74 Å². The van der Waals surface area contributed by atoms with Gasteiger partial charge in [0.05, 0.1) is 4.90 Å². The number of sulfonamides is 1. The molecule has 2 aliphatic rings. The van der Waals surface area contributed by atoms with Crippen molar-refractivity contribution in [1.29, 1.82) is 0 Å². The molecule has 0 saturated carbocycles. The Labute approximate surface area is 195 Å². The average Bonchev–Trinajstić information content (AvgIpc) is 3.30. The van der Waals surface area contributed by atoms with Gasteiger partial charge >= 0.3 is 5.97 Å². The highest BCUT2D eigenvalue weighted by Gasteiger charge is 2.25. The zero-order valence-electron chi connectivity index (χ0n) is 18.7. The number of ether oxygens (including phenoxy) is 1. The van der Waals surface area contributed by atoms with Crippen LogP contribution in [0.5, 0.6) is 0 Å². The van der Waals surface area contributed by atoms with E-state index >= 15 is 0 Å². The first kappa shape index (κ1) is 23.4. The number of amides is 1. The van der Waals surface area contributed by atoms with Gasteiger partial charge in [0, 0.05) is 25.2 Å². The molecule has 4 rings (SSSR count). The Bertz CT molecular complexity index is 1110. The summed E-state index contributed by atoms with van der Waals surface area (Å²) < 4.78 is 32.1. The molecule has 176 valence electrons. The van der Waals surface area contributed by atoms with Crippen molar-refractivity contribution in [2.75, 3.05) is 25.0 Å². The number of hydrogen-bond acceptors (Lipinski definition) is 5. The second kappa shape index (κ2) is 10.5. The molecule has 0 bridgehead atoms. The summed E-state index contributed by atoms with van der Waals surface area (Å²) in [5.41, 5.74) is 4.15. The third-order valence-corrected chi connectivity index (χ3v) is 8.15. The van der Waals surface area contributed by atoms with Crippen molar-refractivity contribution in [1.82, 2.24) is 4.31 Å². The Morgan fingerprint density at radius 3 is 2.39 bits per heavy atom. The number of anilines is 1. The lowest BCUT2D eigenvalue weighted by Crippen LogP contribution is -2.35. The molecule has 0 aromatic heterocycles. The number of nitrogens with one attached hydrogen (secondary N) is 1.